The number of nitrogens with zero attached hydrogens (tertiary/aromatic N) is 1. The van der Waals surface area contributed by atoms with Crippen molar-refractivity contribution in [2.45, 2.75) is 58.9 Å². The molecule has 0 fully saturated rings. The lowest BCUT2D eigenvalue weighted by Gasteiger charge is -2.37. The zero-order valence-corrected chi connectivity index (χ0v) is 12.3. The van der Waals surface area contributed by atoms with Gasteiger partial charge in [-0.1, -0.05) is 40.0 Å². The van der Waals surface area contributed by atoms with E-state index >= 15 is 0 Å². The Bertz CT molecular complexity index is 138. The Kier molecular flexibility index (Phi) is 9.89. The Labute approximate surface area is 103 Å². The molecule has 1 atom stereocenters. The molecule has 0 aromatic heterocycles. The van der Waals surface area contributed by atoms with E-state index in [0.29, 0.717) is 0 Å². The number of rotatable bonds is 7. The van der Waals surface area contributed by atoms with E-state index in [-0.39, 0.29) is 12.4 Å². The first-order chi connectivity index (χ1) is 6.39. The molecule has 0 aromatic rings. The minimum absolute atomic E-state index is 0. The Morgan fingerprint density at radius 2 is 1.47 bits per heavy atom. The van der Waals surface area contributed by atoms with Gasteiger partial charge < -0.3 is 16.9 Å². The molecule has 2 heteroatoms. The lowest BCUT2D eigenvalue weighted by Crippen LogP contribution is -3.00. The molecule has 0 N–H and O–H groups in total. The van der Waals surface area contributed by atoms with Crippen molar-refractivity contribution in [1.82, 2.24) is 0 Å². The van der Waals surface area contributed by atoms with E-state index in [1.165, 1.54) is 32.1 Å². The van der Waals surface area contributed by atoms with Crippen LogP contribution in [0.3, 0.4) is 0 Å². The number of halogens is 1. The van der Waals surface area contributed by atoms with Crippen molar-refractivity contribution < 1.29 is 16.9 Å². The summed E-state index contributed by atoms with van der Waals surface area (Å²) in [6.45, 7) is 6.99. The predicted octanol–water partition coefficient (Wildman–Crippen LogP) is 0.692. The monoisotopic (exact) mass is 235 g/mol. The zero-order valence-electron chi connectivity index (χ0n) is 11.5. The second-order valence-corrected chi connectivity index (χ2v) is 5.78. The van der Waals surface area contributed by atoms with Crippen molar-refractivity contribution in [3.05, 3.63) is 0 Å². The maximum atomic E-state index is 2.36. The van der Waals surface area contributed by atoms with Crippen LogP contribution < -0.4 is 12.4 Å². The molecule has 0 aliphatic heterocycles. The number of unbranched alkanes of at least 4 members (excludes halogenated alkanes) is 3. The van der Waals surface area contributed by atoms with E-state index in [1.54, 1.807) is 0 Å². The zero-order chi connectivity index (χ0) is 11.2. The topological polar surface area (TPSA) is 0 Å². The molecule has 0 saturated heterocycles. The standard InChI is InChI=1S/C13H30N.ClH/c1-7-8-9-10-11-13(12(2)3)14(4,5)6;/h12-13H,7-11H2,1-6H3;1H/q+1;/p-1. The largest absolute Gasteiger partial charge is 1.00 e. The van der Waals surface area contributed by atoms with Gasteiger partial charge in [0.25, 0.3) is 0 Å². The first-order valence-electron chi connectivity index (χ1n) is 6.20. The third kappa shape index (κ3) is 8.10. The third-order valence-corrected chi connectivity index (χ3v) is 3.12. The smallest absolute Gasteiger partial charge is 0.0907 e. The van der Waals surface area contributed by atoms with Crippen molar-refractivity contribution in [2.24, 2.45) is 5.92 Å². The fourth-order valence-electron chi connectivity index (χ4n) is 2.40. The first-order valence-corrected chi connectivity index (χ1v) is 6.20. The van der Waals surface area contributed by atoms with E-state index in [2.05, 4.69) is 41.9 Å². The van der Waals surface area contributed by atoms with Gasteiger partial charge in [0.05, 0.1) is 27.2 Å². The molecule has 1 unspecified atom stereocenters. The van der Waals surface area contributed by atoms with Crippen LogP contribution in [0.5, 0.6) is 0 Å². The second kappa shape index (κ2) is 8.41. The minimum atomic E-state index is 0. The Morgan fingerprint density at radius 3 is 1.80 bits per heavy atom. The number of hydrogen-bond acceptors (Lipinski definition) is 0. The highest BCUT2D eigenvalue weighted by molar-refractivity contribution is 4.62. The van der Waals surface area contributed by atoms with Gasteiger partial charge in [0.2, 0.25) is 0 Å². The van der Waals surface area contributed by atoms with Crippen LogP contribution in [-0.2, 0) is 0 Å². The van der Waals surface area contributed by atoms with Crippen molar-refractivity contribution in [3.63, 3.8) is 0 Å². The van der Waals surface area contributed by atoms with Gasteiger partial charge in [-0.3, -0.25) is 0 Å². The molecule has 0 amide bonds. The molecular formula is C13H30ClN. The highest BCUT2D eigenvalue weighted by atomic mass is 35.5. The van der Waals surface area contributed by atoms with Gasteiger partial charge in [-0.2, -0.15) is 0 Å². The van der Waals surface area contributed by atoms with Crippen LogP contribution >= 0.6 is 0 Å². The molecule has 0 heterocycles. The Morgan fingerprint density at radius 1 is 0.933 bits per heavy atom. The molecule has 0 aliphatic carbocycles. The fourth-order valence-corrected chi connectivity index (χ4v) is 2.40. The molecule has 94 valence electrons. The lowest BCUT2D eigenvalue weighted by molar-refractivity contribution is -0.900. The first kappa shape index (κ1) is 17.6. The second-order valence-electron chi connectivity index (χ2n) is 5.78. The lowest BCUT2D eigenvalue weighted by atomic mass is 9.95. The van der Waals surface area contributed by atoms with Crippen molar-refractivity contribution >= 4 is 0 Å². The van der Waals surface area contributed by atoms with E-state index in [9.17, 15) is 0 Å². The summed E-state index contributed by atoms with van der Waals surface area (Å²) in [5.41, 5.74) is 0. The van der Waals surface area contributed by atoms with Crippen molar-refractivity contribution in [2.75, 3.05) is 21.1 Å². The number of quaternary nitrogens is 1. The van der Waals surface area contributed by atoms with Gasteiger partial charge in [0.15, 0.2) is 0 Å². The summed E-state index contributed by atoms with van der Waals surface area (Å²) in [6, 6.07) is 0.826. The van der Waals surface area contributed by atoms with Crippen LogP contribution in [-0.4, -0.2) is 31.7 Å². The molecule has 0 radical (unpaired) electrons. The Hall–Kier alpha value is 0.250. The molecule has 0 bridgehead atoms. The average molecular weight is 236 g/mol. The number of hydrogen-bond donors (Lipinski definition) is 0. The Balaban J connectivity index is 0. The van der Waals surface area contributed by atoms with Crippen molar-refractivity contribution in [1.29, 1.82) is 0 Å². The third-order valence-electron chi connectivity index (χ3n) is 3.12. The molecule has 0 aromatic carbocycles. The SMILES string of the molecule is CCCCCCC(C(C)C)[N+](C)(C)C.[Cl-]. The molecule has 0 aliphatic rings. The average Bonchev–Trinajstić information content (AvgIpc) is 2.01. The minimum Gasteiger partial charge on any atom is -1.00 e. The summed E-state index contributed by atoms with van der Waals surface area (Å²) in [6.07, 6.45) is 6.96. The van der Waals surface area contributed by atoms with Gasteiger partial charge >= 0.3 is 0 Å². The van der Waals surface area contributed by atoms with Crippen LogP contribution in [0, 0.1) is 5.92 Å². The molecule has 0 saturated carbocycles. The van der Waals surface area contributed by atoms with E-state index < -0.39 is 0 Å². The molecule has 1 nitrogen and oxygen atoms in total. The van der Waals surface area contributed by atoms with Gasteiger partial charge in [0, 0.05) is 5.92 Å². The van der Waals surface area contributed by atoms with Crippen molar-refractivity contribution in [3.8, 4) is 0 Å². The normalized spacial score (nSPS) is 13.8. The predicted molar refractivity (Wildman–Crippen MR) is 65.4 cm³/mol. The summed E-state index contributed by atoms with van der Waals surface area (Å²) in [4.78, 5) is 0. The van der Waals surface area contributed by atoms with Crippen LogP contribution in [0.1, 0.15) is 52.9 Å². The van der Waals surface area contributed by atoms with Crippen LogP contribution in [0.25, 0.3) is 0 Å². The van der Waals surface area contributed by atoms with Gasteiger partial charge in [-0.25, -0.2) is 0 Å². The summed E-state index contributed by atoms with van der Waals surface area (Å²) in [5.74, 6) is 0.802. The molecule has 0 rings (SSSR count). The summed E-state index contributed by atoms with van der Waals surface area (Å²) >= 11 is 0. The summed E-state index contributed by atoms with van der Waals surface area (Å²) in [5, 5.41) is 0. The van der Waals surface area contributed by atoms with E-state index in [1.807, 2.05) is 0 Å². The molecule has 0 spiro atoms. The van der Waals surface area contributed by atoms with Gasteiger partial charge in [-0.05, 0) is 12.8 Å². The molecular weight excluding hydrogens is 206 g/mol. The highest BCUT2D eigenvalue weighted by Crippen LogP contribution is 2.20. The molecule has 15 heavy (non-hydrogen) atoms. The summed E-state index contributed by atoms with van der Waals surface area (Å²) < 4.78 is 1.11. The van der Waals surface area contributed by atoms with Gasteiger partial charge in [-0.15, -0.1) is 0 Å². The maximum absolute atomic E-state index is 2.36. The quantitative estimate of drug-likeness (QED) is 0.450. The fraction of sp³-hybridized carbons (Fsp3) is 1.00. The van der Waals surface area contributed by atoms with Gasteiger partial charge in [0.1, 0.15) is 0 Å². The summed E-state index contributed by atoms with van der Waals surface area (Å²) in [7, 11) is 6.97. The van der Waals surface area contributed by atoms with E-state index in [4.69, 9.17) is 0 Å². The van der Waals surface area contributed by atoms with Crippen LogP contribution in [0.4, 0.5) is 0 Å². The highest BCUT2D eigenvalue weighted by Gasteiger charge is 2.26. The maximum Gasteiger partial charge on any atom is 0.0907 e. The van der Waals surface area contributed by atoms with E-state index in [0.717, 1.165) is 16.4 Å². The van der Waals surface area contributed by atoms with Crippen LogP contribution in [0.15, 0.2) is 0 Å². The van der Waals surface area contributed by atoms with Crippen LogP contribution in [0.2, 0.25) is 0 Å².